The van der Waals surface area contributed by atoms with E-state index in [0.717, 1.165) is 30.8 Å². The molecule has 4 nitrogen and oxygen atoms in total. The summed E-state index contributed by atoms with van der Waals surface area (Å²) in [4.78, 5) is 17.0. The Morgan fingerprint density at radius 2 is 1.96 bits per heavy atom. The second-order valence-electron chi connectivity index (χ2n) is 8.39. The van der Waals surface area contributed by atoms with Crippen LogP contribution in [0.4, 0.5) is 5.69 Å². The summed E-state index contributed by atoms with van der Waals surface area (Å²) in [5.41, 5.74) is 2.78. The van der Waals surface area contributed by atoms with Crippen LogP contribution in [0.2, 0.25) is 0 Å². The SMILES string of the molecule is C[C@H]1Cc2cc([C@@H](O)CN3CCCC3)ccc2N1C(=O)C(C)(C)C. The van der Waals surface area contributed by atoms with Crippen LogP contribution >= 0.6 is 0 Å². The largest absolute Gasteiger partial charge is 0.387 e. The van der Waals surface area contributed by atoms with Crippen LogP contribution in [-0.2, 0) is 11.2 Å². The topological polar surface area (TPSA) is 43.8 Å². The summed E-state index contributed by atoms with van der Waals surface area (Å²) in [6.45, 7) is 10.9. The molecule has 1 aromatic carbocycles. The van der Waals surface area contributed by atoms with E-state index in [1.165, 1.54) is 18.4 Å². The number of β-amino-alcohol motifs (C(OH)–C–C–N with tert-alkyl or cyclic N) is 1. The van der Waals surface area contributed by atoms with Crippen molar-refractivity contribution in [3.05, 3.63) is 29.3 Å². The number of carbonyl (C=O) groups is 1. The Hall–Kier alpha value is -1.39. The van der Waals surface area contributed by atoms with Crippen molar-refractivity contribution in [2.24, 2.45) is 5.41 Å². The molecule has 4 heteroatoms. The predicted octanol–water partition coefficient (Wildman–Crippen LogP) is 3.14. The van der Waals surface area contributed by atoms with Gasteiger partial charge in [0.15, 0.2) is 0 Å². The van der Waals surface area contributed by atoms with E-state index in [2.05, 4.69) is 17.9 Å². The van der Waals surface area contributed by atoms with E-state index < -0.39 is 6.10 Å². The van der Waals surface area contributed by atoms with Gasteiger partial charge in [-0.05, 0) is 56.5 Å². The minimum Gasteiger partial charge on any atom is -0.387 e. The molecule has 0 aromatic heterocycles. The fourth-order valence-electron chi connectivity index (χ4n) is 3.84. The zero-order chi connectivity index (χ0) is 17.5. The smallest absolute Gasteiger partial charge is 0.232 e. The molecule has 132 valence electrons. The van der Waals surface area contributed by atoms with Gasteiger partial charge in [-0.3, -0.25) is 4.79 Å². The monoisotopic (exact) mass is 330 g/mol. The average Bonchev–Trinajstić information content (AvgIpc) is 3.11. The highest BCUT2D eigenvalue weighted by molar-refractivity contribution is 5.99. The maximum Gasteiger partial charge on any atom is 0.232 e. The average molecular weight is 330 g/mol. The summed E-state index contributed by atoms with van der Waals surface area (Å²) >= 11 is 0. The summed E-state index contributed by atoms with van der Waals surface area (Å²) in [6.07, 6.45) is 2.88. The Labute approximate surface area is 145 Å². The van der Waals surface area contributed by atoms with Crippen molar-refractivity contribution in [1.82, 2.24) is 4.90 Å². The first-order valence-electron chi connectivity index (χ1n) is 9.14. The van der Waals surface area contributed by atoms with Crippen LogP contribution < -0.4 is 4.90 Å². The van der Waals surface area contributed by atoms with E-state index in [1.807, 2.05) is 37.8 Å². The van der Waals surface area contributed by atoms with Crippen molar-refractivity contribution < 1.29 is 9.90 Å². The number of hydrogen-bond acceptors (Lipinski definition) is 3. The van der Waals surface area contributed by atoms with Gasteiger partial charge in [-0.25, -0.2) is 0 Å². The highest BCUT2D eigenvalue weighted by atomic mass is 16.3. The summed E-state index contributed by atoms with van der Waals surface area (Å²) in [5.74, 6) is 0.166. The van der Waals surface area contributed by atoms with Gasteiger partial charge in [0.1, 0.15) is 0 Å². The Morgan fingerprint density at radius 1 is 1.29 bits per heavy atom. The zero-order valence-corrected chi connectivity index (χ0v) is 15.4. The molecule has 3 rings (SSSR count). The van der Waals surface area contributed by atoms with E-state index in [1.54, 1.807) is 0 Å². The third-order valence-corrected chi connectivity index (χ3v) is 5.19. The molecule has 2 atom stereocenters. The first-order valence-corrected chi connectivity index (χ1v) is 9.14. The number of benzene rings is 1. The van der Waals surface area contributed by atoms with Crippen molar-refractivity contribution >= 4 is 11.6 Å². The molecule has 0 unspecified atom stereocenters. The van der Waals surface area contributed by atoms with Crippen LogP contribution in [0, 0.1) is 5.41 Å². The first kappa shape index (κ1) is 17.4. The predicted molar refractivity (Wildman–Crippen MR) is 97.2 cm³/mol. The van der Waals surface area contributed by atoms with E-state index in [9.17, 15) is 9.90 Å². The molecule has 1 amide bonds. The molecule has 0 saturated carbocycles. The van der Waals surface area contributed by atoms with Crippen LogP contribution in [-0.4, -0.2) is 41.6 Å². The van der Waals surface area contributed by atoms with Crippen LogP contribution in [0.25, 0.3) is 0 Å². The standard InChI is InChI=1S/C20H30N2O2/c1-14-11-16-12-15(18(23)13-21-9-5-6-10-21)7-8-17(16)22(14)19(24)20(2,3)4/h7-8,12,14,18,23H,5-6,9-11,13H2,1-4H3/t14-,18-/m0/s1. The second kappa shape index (κ2) is 6.49. The van der Waals surface area contributed by atoms with Gasteiger partial charge in [0.2, 0.25) is 5.91 Å². The fraction of sp³-hybridized carbons (Fsp3) is 0.650. The Balaban J connectivity index is 1.79. The van der Waals surface area contributed by atoms with E-state index in [4.69, 9.17) is 0 Å². The maximum absolute atomic E-state index is 12.8. The highest BCUT2D eigenvalue weighted by Crippen LogP contribution is 2.37. The van der Waals surface area contributed by atoms with Gasteiger partial charge in [-0.2, -0.15) is 0 Å². The van der Waals surface area contributed by atoms with Gasteiger partial charge in [0.25, 0.3) is 0 Å². The van der Waals surface area contributed by atoms with Crippen molar-refractivity contribution in [3.63, 3.8) is 0 Å². The number of amides is 1. The number of carbonyl (C=O) groups excluding carboxylic acids is 1. The van der Waals surface area contributed by atoms with E-state index in [-0.39, 0.29) is 17.4 Å². The number of aliphatic hydroxyl groups is 1. The Morgan fingerprint density at radius 3 is 2.58 bits per heavy atom. The molecular weight excluding hydrogens is 300 g/mol. The lowest BCUT2D eigenvalue weighted by molar-refractivity contribution is -0.126. The van der Waals surface area contributed by atoms with Crippen molar-refractivity contribution in [1.29, 1.82) is 0 Å². The molecule has 1 N–H and O–H groups in total. The number of likely N-dealkylation sites (tertiary alicyclic amines) is 1. The van der Waals surface area contributed by atoms with Crippen LogP contribution in [0.5, 0.6) is 0 Å². The third kappa shape index (κ3) is 3.35. The quantitative estimate of drug-likeness (QED) is 0.926. The minimum absolute atomic E-state index is 0.166. The summed E-state index contributed by atoms with van der Waals surface area (Å²) in [5, 5.41) is 10.6. The minimum atomic E-state index is -0.448. The molecule has 1 saturated heterocycles. The number of hydrogen-bond donors (Lipinski definition) is 1. The summed E-state index contributed by atoms with van der Waals surface area (Å²) < 4.78 is 0. The van der Waals surface area contributed by atoms with Gasteiger partial charge in [0, 0.05) is 23.7 Å². The first-order chi connectivity index (χ1) is 11.3. The summed E-state index contributed by atoms with van der Waals surface area (Å²) in [7, 11) is 0. The van der Waals surface area contributed by atoms with Crippen molar-refractivity contribution in [2.75, 3.05) is 24.5 Å². The molecule has 24 heavy (non-hydrogen) atoms. The van der Waals surface area contributed by atoms with Crippen molar-refractivity contribution in [2.45, 2.75) is 59.1 Å². The number of anilines is 1. The van der Waals surface area contributed by atoms with Gasteiger partial charge < -0.3 is 14.9 Å². The molecule has 0 bridgehead atoms. The molecule has 2 aliphatic heterocycles. The number of aliphatic hydroxyl groups excluding tert-OH is 1. The van der Waals surface area contributed by atoms with Gasteiger partial charge >= 0.3 is 0 Å². The van der Waals surface area contributed by atoms with Crippen molar-refractivity contribution in [3.8, 4) is 0 Å². The third-order valence-electron chi connectivity index (χ3n) is 5.19. The molecule has 1 fully saturated rings. The highest BCUT2D eigenvalue weighted by Gasteiger charge is 2.36. The second-order valence-corrected chi connectivity index (χ2v) is 8.39. The van der Waals surface area contributed by atoms with Crippen LogP contribution in [0.3, 0.4) is 0 Å². The lowest BCUT2D eigenvalue weighted by atomic mass is 9.94. The number of nitrogens with zero attached hydrogens (tertiary/aromatic N) is 2. The number of fused-ring (bicyclic) bond motifs is 1. The van der Waals surface area contributed by atoms with Crippen LogP contribution in [0.1, 0.15) is 57.8 Å². The molecule has 0 aliphatic carbocycles. The fourth-order valence-corrected chi connectivity index (χ4v) is 3.84. The lowest BCUT2D eigenvalue weighted by Crippen LogP contribution is -2.42. The lowest BCUT2D eigenvalue weighted by Gasteiger charge is -2.30. The maximum atomic E-state index is 12.8. The Bertz CT molecular complexity index is 615. The van der Waals surface area contributed by atoms with Gasteiger partial charge in [0.05, 0.1) is 6.10 Å². The van der Waals surface area contributed by atoms with E-state index in [0.29, 0.717) is 6.54 Å². The summed E-state index contributed by atoms with van der Waals surface area (Å²) in [6, 6.07) is 6.28. The molecule has 2 heterocycles. The van der Waals surface area contributed by atoms with Gasteiger partial charge in [-0.15, -0.1) is 0 Å². The van der Waals surface area contributed by atoms with Crippen LogP contribution in [0.15, 0.2) is 18.2 Å². The molecule has 2 aliphatic rings. The molecule has 1 aromatic rings. The van der Waals surface area contributed by atoms with E-state index >= 15 is 0 Å². The molecule has 0 radical (unpaired) electrons. The normalized spacial score (nSPS) is 22.7. The number of rotatable bonds is 3. The zero-order valence-electron chi connectivity index (χ0n) is 15.4. The Kier molecular flexibility index (Phi) is 4.71. The molecule has 0 spiro atoms. The molecular formula is C20H30N2O2. The van der Waals surface area contributed by atoms with Gasteiger partial charge in [-0.1, -0.05) is 32.9 Å².